The van der Waals surface area contributed by atoms with Crippen LogP contribution in [0.15, 0.2) is 58.5 Å². The van der Waals surface area contributed by atoms with Gasteiger partial charge in [0.2, 0.25) is 0 Å². The number of halogens is 4. The number of pyridine rings is 2. The van der Waals surface area contributed by atoms with Gasteiger partial charge >= 0.3 is 11.9 Å². The Morgan fingerprint density at radius 3 is 2.51 bits per heavy atom. The Morgan fingerprint density at radius 1 is 1.11 bits per heavy atom. The lowest BCUT2D eigenvalue weighted by atomic mass is 10.1. The molecule has 0 bridgehead atoms. The number of hydrogen-bond donors (Lipinski definition) is 0. The third-order valence-corrected chi connectivity index (χ3v) is 7.11. The Hall–Kier alpha value is -3.38. The van der Waals surface area contributed by atoms with E-state index in [-0.39, 0.29) is 22.1 Å². The van der Waals surface area contributed by atoms with Crippen molar-refractivity contribution in [3.05, 3.63) is 69.9 Å². The number of alkyl halides is 3. The Morgan fingerprint density at radius 2 is 1.86 bits per heavy atom. The number of rotatable bonds is 6. The zero-order valence-electron chi connectivity index (χ0n) is 18.4. The standard InChI is InChI=1S/C22H18ClF3N4O4S/c1-3-34-17-10-15(23)6-7-16(17)13-9-18(35(32,33)4-2)20(27-11-13)30-21(31)29-12-14(22(24,25)26)5-8-19(29)28-30/h5-12H,3-4H2,1-2H3. The second-order valence-electron chi connectivity index (χ2n) is 7.36. The summed E-state index contributed by atoms with van der Waals surface area (Å²) in [6.07, 6.45) is -2.75. The molecule has 0 N–H and O–H groups in total. The highest BCUT2D eigenvalue weighted by molar-refractivity contribution is 7.91. The number of benzene rings is 1. The Balaban J connectivity index is 1.96. The van der Waals surface area contributed by atoms with Crippen LogP contribution in [0.3, 0.4) is 0 Å². The summed E-state index contributed by atoms with van der Waals surface area (Å²) in [4.78, 5) is 16.8. The molecule has 0 saturated heterocycles. The first-order valence-electron chi connectivity index (χ1n) is 10.3. The van der Waals surface area contributed by atoms with Crippen molar-refractivity contribution in [2.24, 2.45) is 0 Å². The summed E-state index contributed by atoms with van der Waals surface area (Å²) in [5.41, 5.74) is -1.27. The number of aromatic nitrogens is 4. The normalized spacial score (nSPS) is 12.3. The third kappa shape index (κ3) is 4.63. The van der Waals surface area contributed by atoms with Gasteiger partial charge in [0.1, 0.15) is 10.6 Å². The van der Waals surface area contributed by atoms with Gasteiger partial charge in [0.15, 0.2) is 21.3 Å². The van der Waals surface area contributed by atoms with Crippen LogP contribution >= 0.6 is 11.6 Å². The molecule has 0 aliphatic rings. The predicted molar refractivity (Wildman–Crippen MR) is 123 cm³/mol. The number of ether oxygens (including phenoxy) is 1. The number of sulfone groups is 1. The quantitative estimate of drug-likeness (QED) is 0.369. The lowest BCUT2D eigenvalue weighted by molar-refractivity contribution is -0.137. The molecule has 0 aliphatic carbocycles. The molecular weight excluding hydrogens is 509 g/mol. The lowest BCUT2D eigenvalue weighted by Crippen LogP contribution is -2.23. The fraction of sp³-hybridized carbons (Fsp3) is 0.227. The molecule has 0 spiro atoms. The molecule has 0 fully saturated rings. The zero-order chi connectivity index (χ0) is 25.5. The van der Waals surface area contributed by atoms with E-state index in [1.54, 1.807) is 25.1 Å². The Labute approximate surface area is 202 Å². The van der Waals surface area contributed by atoms with Gasteiger partial charge in [0.25, 0.3) is 0 Å². The van der Waals surface area contributed by atoms with Crippen LogP contribution in [0.25, 0.3) is 22.6 Å². The topological polar surface area (TPSA) is 95.6 Å². The molecule has 0 unspecified atom stereocenters. The summed E-state index contributed by atoms with van der Waals surface area (Å²) in [6, 6.07) is 7.94. The van der Waals surface area contributed by atoms with Crippen LogP contribution in [0.4, 0.5) is 13.2 Å². The van der Waals surface area contributed by atoms with Crippen molar-refractivity contribution in [3.8, 4) is 22.7 Å². The van der Waals surface area contributed by atoms with Crippen molar-refractivity contribution in [1.82, 2.24) is 19.2 Å². The minimum Gasteiger partial charge on any atom is -0.493 e. The second kappa shape index (κ2) is 9.00. The van der Waals surface area contributed by atoms with Crippen molar-refractivity contribution < 1.29 is 26.3 Å². The maximum atomic E-state index is 13.1. The average molecular weight is 527 g/mol. The predicted octanol–water partition coefficient (Wildman–Crippen LogP) is 4.41. The first-order chi connectivity index (χ1) is 16.5. The molecule has 184 valence electrons. The Bertz CT molecular complexity index is 1600. The van der Waals surface area contributed by atoms with Gasteiger partial charge in [-0.05, 0) is 43.3 Å². The monoisotopic (exact) mass is 526 g/mol. The van der Waals surface area contributed by atoms with Crippen LogP contribution in [0.1, 0.15) is 19.4 Å². The van der Waals surface area contributed by atoms with Crippen LogP contribution in [0.2, 0.25) is 5.02 Å². The molecular formula is C22H18ClF3N4O4S. The van der Waals surface area contributed by atoms with Gasteiger partial charge in [0.05, 0.1) is 17.9 Å². The molecule has 3 heterocycles. The molecule has 8 nitrogen and oxygen atoms in total. The molecule has 0 amide bonds. The van der Waals surface area contributed by atoms with E-state index in [9.17, 15) is 26.4 Å². The molecule has 4 rings (SSSR count). The fourth-order valence-electron chi connectivity index (χ4n) is 3.42. The van der Waals surface area contributed by atoms with E-state index in [0.29, 0.717) is 43.8 Å². The van der Waals surface area contributed by atoms with E-state index >= 15 is 0 Å². The van der Waals surface area contributed by atoms with Crippen LogP contribution < -0.4 is 10.4 Å². The summed E-state index contributed by atoms with van der Waals surface area (Å²) < 4.78 is 72.2. The van der Waals surface area contributed by atoms with Gasteiger partial charge in [-0.25, -0.2) is 22.6 Å². The van der Waals surface area contributed by atoms with Gasteiger partial charge < -0.3 is 4.74 Å². The van der Waals surface area contributed by atoms with E-state index in [2.05, 4.69) is 10.1 Å². The van der Waals surface area contributed by atoms with Crippen LogP contribution in [0, 0.1) is 0 Å². The molecule has 0 aliphatic heterocycles. The van der Waals surface area contributed by atoms with Gasteiger partial charge in [-0.2, -0.15) is 17.9 Å². The van der Waals surface area contributed by atoms with Gasteiger partial charge in [-0.1, -0.05) is 18.5 Å². The molecule has 13 heteroatoms. The van der Waals surface area contributed by atoms with Gasteiger partial charge in [-0.15, -0.1) is 5.10 Å². The van der Waals surface area contributed by atoms with Crippen molar-refractivity contribution in [2.75, 3.05) is 12.4 Å². The van der Waals surface area contributed by atoms with Crippen molar-refractivity contribution >= 4 is 27.1 Å². The van der Waals surface area contributed by atoms with Crippen LogP contribution in [-0.2, 0) is 16.0 Å². The van der Waals surface area contributed by atoms with Crippen molar-refractivity contribution in [1.29, 1.82) is 0 Å². The molecule has 0 atom stereocenters. The largest absolute Gasteiger partial charge is 0.493 e. The zero-order valence-corrected chi connectivity index (χ0v) is 19.9. The van der Waals surface area contributed by atoms with Crippen LogP contribution in [-0.4, -0.2) is 39.9 Å². The summed E-state index contributed by atoms with van der Waals surface area (Å²) >= 11 is 6.06. The third-order valence-electron chi connectivity index (χ3n) is 5.15. The van der Waals surface area contributed by atoms with E-state index < -0.39 is 27.3 Å². The van der Waals surface area contributed by atoms with Gasteiger partial charge in [0, 0.05) is 28.5 Å². The second-order valence-corrected chi connectivity index (χ2v) is 10.0. The Kier molecular flexibility index (Phi) is 6.36. The highest BCUT2D eigenvalue weighted by Gasteiger charge is 2.32. The minimum absolute atomic E-state index is 0.106. The SMILES string of the molecule is CCOc1cc(Cl)ccc1-c1cnc(-n2nc3ccc(C(F)(F)F)cn3c2=O)c(S(=O)(=O)CC)c1. The van der Waals surface area contributed by atoms with E-state index in [1.807, 2.05) is 0 Å². The molecule has 35 heavy (non-hydrogen) atoms. The van der Waals surface area contributed by atoms with Gasteiger partial charge in [-0.3, -0.25) is 0 Å². The first kappa shape index (κ1) is 24.7. The minimum atomic E-state index is -4.68. The fourth-order valence-corrected chi connectivity index (χ4v) is 4.62. The molecule has 1 aromatic carbocycles. The first-order valence-corrected chi connectivity index (χ1v) is 12.3. The maximum absolute atomic E-state index is 13.1. The average Bonchev–Trinajstić information content (AvgIpc) is 3.14. The summed E-state index contributed by atoms with van der Waals surface area (Å²) in [7, 11) is -3.94. The van der Waals surface area contributed by atoms with Crippen molar-refractivity contribution in [2.45, 2.75) is 24.9 Å². The summed E-state index contributed by atoms with van der Waals surface area (Å²) in [5.74, 6) is -0.242. The molecule has 0 radical (unpaired) electrons. The number of nitrogens with zero attached hydrogens (tertiary/aromatic N) is 4. The molecule has 3 aromatic heterocycles. The van der Waals surface area contributed by atoms with Crippen LogP contribution in [0.5, 0.6) is 5.75 Å². The number of hydrogen-bond acceptors (Lipinski definition) is 6. The number of fused-ring (bicyclic) bond motifs is 1. The lowest BCUT2D eigenvalue weighted by Gasteiger charge is -2.13. The molecule has 0 saturated carbocycles. The van der Waals surface area contributed by atoms with E-state index in [0.717, 1.165) is 12.1 Å². The highest BCUT2D eigenvalue weighted by Crippen LogP contribution is 2.35. The van der Waals surface area contributed by atoms with E-state index in [1.165, 1.54) is 19.2 Å². The van der Waals surface area contributed by atoms with Crippen molar-refractivity contribution in [3.63, 3.8) is 0 Å². The highest BCUT2D eigenvalue weighted by atomic mass is 35.5. The smallest absolute Gasteiger partial charge is 0.417 e. The summed E-state index contributed by atoms with van der Waals surface area (Å²) in [6.45, 7) is 3.52. The molecule has 4 aromatic rings. The van der Waals surface area contributed by atoms with E-state index in [4.69, 9.17) is 16.3 Å². The maximum Gasteiger partial charge on any atom is 0.417 e. The summed E-state index contributed by atoms with van der Waals surface area (Å²) in [5, 5.41) is 4.42.